The van der Waals surface area contributed by atoms with Crippen molar-refractivity contribution in [2.24, 2.45) is 16.5 Å². The maximum absolute atomic E-state index is 7.46. The average Bonchev–Trinajstić information content (AvgIpc) is 2.49. The van der Waals surface area contributed by atoms with Crippen LogP contribution in [0.3, 0.4) is 0 Å². The van der Waals surface area contributed by atoms with Crippen LogP contribution in [0.2, 0.25) is 0 Å². The first-order valence-corrected chi connectivity index (χ1v) is 5.63. The summed E-state index contributed by atoms with van der Waals surface area (Å²) in [6.45, 7) is 5.27. The van der Waals surface area contributed by atoms with Crippen LogP contribution in [0.5, 0.6) is 0 Å². The molecule has 0 aromatic rings. The molecule has 1 aliphatic rings. The lowest BCUT2D eigenvalue weighted by Crippen LogP contribution is -2.50. The molecule has 0 saturated heterocycles. The first kappa shape index (κ1) is 13.3. The van der Waals surface area contributed by atoms with Crippen molar-refractivity contribution in [1.29, 1.82) is 5.41 Å². The van der Waals surface area contributed by atoms with Crippen LogP contribution in [0.1, 0.15) is 40.0 Å². The molecule has 1 aliphatic carbocycles. The number of hydrogen-bond donors (Lipinski definition) is 3. The summed E-state index contributed by atoms with van der Waals surface area (Å²) in [4.78, 5) is 4.49. The van der Waals surface area contributed by atoms with Crippen LogP contribution in [0.25, 0.3) is 0 Å². The minimum absolute atomic E-state index is 0.0904. The molecule has 0 aromatic carbocycles. The van der Waals surface area contributed by atoms with Crippen molar-refractivity contribution in [3.05, 3.63) is 0 Å². The summed E-state index contributed by atoms with van der Waals surface area (Å²) in [7, 11) is 0. The fourth-order valence-corrected chi connectivity index (χ4v) is 1.87. The Kier molecular flexibility index (Phi) is 4.18. The van der Waals surface area contributed by atoms with Gasteiger partial charge in [-0.25, -0.2) is 0 Å². The lowest BCUT2D eigenvalue weighted by Gasteiger charge is -2.24. The van der Waals surface area contributed by atoms with Gasteiger partial charge in [0.05, 0.1) is 17.9 Å². The van der Waals surface area contributed by atoms with E-state index in [0.717, 1.165) is 25.0 Å². The molecule has 0 aliphatic heterocycles. The lowest BCUT2D eigenvalue weighted by atomic mass is 10.2. The Hall–Kier alpha value is -0.780. The van der Waals surface area contributed by atoms with E-state index in [0.29, 0.717) is 5.71 Å². The quantitative estimate of drug-likeness (QED) is 0.493. The number of ether oxygens (including phenoxy) is 1. The maximum Gasteiger partial charge on any atom is 0.167 e. The molecule has 1 rings (SSSR count). The van der Waals surface area contributed by atoms with Crippen molar-refractivity contribution < 1.29 is 4.74 Å². The van der Waals surface area contributed by atoms with Gasteiger partial charge in [-0.15, -0.1) is 0 Å². The number of rotatable bonds is 4. The summed E-state index contributed by atoms with van der Waals surface area (Å²) in [5.41, 5.74) is 12.5. The van der Waals surface area contributed by atoms with Gasteiger partial charge in [-0.05, 0) is 40.0 Å². The summed E-state index contributed by atoms with van der Waals surface area (Å²) in [6.07, 6.45) is 2.84. The third-order valence-electron chi connectivity index (χ3n) is 2.70. The zero-order chi connectivity index (χ0) is 12.3. The molecule has 0 bridgehead atoms. The smallest absolute Gasteiger partial charge is 0.167 e. The predicted molar refractivity (Wildman–Crippen MR) is 65.8 cm³/mol. The largest absolute Gasteiger partial charge is 0.345 e. The van der Waals surface area contributed by atoms with Crippen molar-refractivity contribution in [1.82, 2.24) is 0 Å². The monoisotopic (exact) mass is 226 g/mol. The molecule has 92 valence electrons. The number of nitrogens with two attached hydrogens (primary N) is 2. The van der Waals surface area contributed by atoms with Crippen molar-refractivity contribution >= 4 is 11.4 Å². The lowest BCUT2D eigenvalue weighted by molar-refractivity contribution is -0.0723. The van der Waals surface area contributed by atoms with E-state index in [1.54, 1.807) is 13.8 Å². The summed E-state index contributed by atoms with van der Waals surface area (Å²) >= 11 is 0. The van der Waals surface area contributed by atoms with E-state index in [1.165, 1.54) is 0 Å². The first-order valence-electron chi connectivity index (χ1n) is 5.63. The normalized spacial score (nSPS) is 27.2. The van der Waals surface area contributed by atoms with Crippen LogP contribution in [-0.4, -0.2) is 29.4 Å². The Labute approximate surface area is 96.8 Å². The van der Waals surface area contributed by atoms with Gasteiger partial charge in [0.2, 0.25) is 0 Å². The average molecular weight is 226 g/mol. The summed E-state index contributed by atoms with van der Waals surface area (Å²) < 4.78 is 5.50. The Balaban J connectivity index is 2.47. The van der Waals surface area contributed by atoms with E-state index in [1.807, 2.05) is 6.92 Å². The highest BCUT2D eigenvalue weighted by Crippen LogP contribution is 2.26. The summed E-state index contributed by atoms with van der Waals surface area (Å²) in [5, 5.41) is 7.46. The zero-order valence-corrected chi connectivity index (χ0v) is 10.3. The van der Waals surface area contributed by atoms with E-state index in [9.17, 15) is 0 Å². The van der Waals surface area contributed by atoms with Gasteiger partial charge >= 0.3 is 0 Å². The Bertz CT molecular complexity index is 293. The Morgan fingerprint density at radius 1 is 1.38 bits per heavy atom. The van der Waals surface area contributed by atoms with Crippen LogP contribution in [-0.2, 0) is 4.74 Å². The minimum Gasteiger partial charge on any atom is -0.345 e. The van der Waals surface area contributed by atoms with Gasteiger partial charge in [0.15, 0.2) is 5.85 Å². The molecule has 0 amide bonds. The molecule has 1 saturated carbocycles. The molecule has 2 atom stereocenters. The van der Waals surface area contributed by atoms with Crippen LogP contribution >= 0.6 is 0 Å². The minimum atomic E-state index is -1.06. The molecule has 0 heterocycles. The number of nitrogens with one attached hydrogen (secondary N) is 1. The molecular weight excluding hydrogens is 204 g/mol. The van der Waals surface area contributed by atoms with Gasteiger partial charge in [-0.2, -0.15) is 0 Å². The second-order valence-electron chi connectivity index (χ2n) is 4.73. The van der Waals surface area contributed by atoms with Crippen LogP contribution in [0.4, 0.5) is 0 Å². The van der Waals surface area contributed by atoms with E-state index < -0.39 is 5.85 Å². The molecule has 5 heteroatoms. The van der Waals surface area contributed by atoms with Crippen molar-refractivity contribution in [2.45, 2.75) is 58.0 Å². The van der Waals surface area contributed by atoms with Crippen molar-refractivity contribution in [3.8, 4) is 0 Å². The van der Waals surface area contributed by atoms with Crippen LogP contribution in [0.15, 0.2) is 4.99 Å². The van der Waals surface area contributed by atoms with Gasteiger partial charge in [0.1, 0.15) is 0 Å². The molecule has 0 radical (unpaired) electrons. The van der Waals surface area contributed by atoms with Gasteiger partial charge in [-0.1, -0.05) is 0 Å². The van der Waals surface area contributed by atoms with Crippen molar-refractivity contribution in [3.63, 3.8) is 0 Å². The summed E-state index contributed by atoms with van der Waals surface area (Å²) in [5.74, 6) is -1.06. The van der Waals surface area contributed by atoms with E-state index in [2.05, 4.69) is 4.99 Å². The molecule has 2 unspecified atom stereocenters. The second-order valence-corrected chi connectivity index (χ2v) is 4.73. The molecule has 16 heavy (non-hydrogen) atoms. The SMILES string of the molecule is CC(=N)C(C)=NC1CCC(OC(C)(N)N)C1. The topological polar surface area (TPSA) is 97.5 Å². The molecule has 5 N–H and O–H groups in total. The molecule has 0 aromatic heterocycles. The van der Waals surface area contributed by atoms with Gasteiger partial charge in [0, 0.05) is 5.71 Å². The van der Waals surface area contributed by atoms with Crippen LogP contribution in [0, 0.1) is 5.41 Å². The predicted octanol–water partition coefficient (Wildman–Crippen LogP) is 1.02. The Morgan fingerprint density at radius 2 is 2.00 bits per heavy atom. The van der Waals surface area contributed by atoms with Gasteiger partial charge in [0.25, 0.3) is 0 Å². The highest BCUT2D eigenvalue weighted by molar-refractivity contribution is 6.39. The molecule has 0 spiro atoms. The first-order chi connectivity index (χ1) is 7.28. The van der Waals surface area contributed by atoms with Crippen molar-refractivity contribution in [2.75, 3.05) is 0 Å². The van der Waals surface area contributed by atoms with Crippen LogP contribution < -0.4 is 11.5 Å². The van der Waals surface area contributed by atoms with E-state index in [4.69, 9.17) is 21.6 Å². The maximum atomic E-state index is 7.46. The third kappa shape index (κ3) is 4.38. The highest BCUT2D eigenvalue weighted by Gasteiger charge is 2.29. The molecule has 5 nitrogen and oxygen atoms in total. The number of aliphatic imine (C=N–C) groups is 1. The molecular formula is C11H22N4O. The fraction of sp³-hybridized carbons (Fsp3) is 0.818. The Morgan fingerprint density at radius 3 is 2.50 bits per heavy atom. The molecule has 1 fully saturated rings. The van der Waals surface area contributed by atoms with Gasteiger partial charge in [-0.3, -0.25) is 16.5 Å². The fourth-order valence-electron chi connectivity index (χ4n) is 1.87. The zero-order valence-electron chi connectivity index (χ0n) is 10.3. The summed E-state index contributed by atoms with van der Waals surface area (Å²) in [6, 6.07) is 0.243. The standard InChI is InChI=1S/C11H22N4O/c1-7(12)8(2)15-9-4-5-10(6-9)16-11(3,13)14/h9-10,12H,4-6,13-14H2,1-3H3. The third-order valence-corrected chi connectivity index (χ3v) is 2.70. The van der Waals surface area contributed by atoms with E-state index in [-0.39, 0.29) is 12.1 Å². The number of nitrogens with zero attached hydrogens (tertiary/aromatic N) is 1. The second kappa shape index (κ2) is 5.03. The number of hydrogen-bond acceptors (Lipinski definition) is 5. The van der Waals surface area contributed by atoms with Gasteiger partial charge < -0.3 is 10.1 Å². The van der Waals surface area contributed by atoms with E-state index >= 15 is 0 Å². The highest BCUT2D eigenvalue weighted by atomic mass is 16.5.